The van der Waals surface area contributed by atoms with Crippen LogP contribution < -0.4 is 5.32 Å². The summed E-state index contributed by atoms with van der Waals surface area (Å²) in [6, 6.07) is 31.7. The highest BCUT2D eigenvalue weighted by Crippen LogP contribution is 2.18. The Kier molecular flexibility index (Phi) is 6.56. The van der Waals surface area contributed by atoms with Gasteiger partial charge in [-0.25, -0.2) is 0 Å². The van der Waals surface area contributed by atoms with E-state index in [1.54, 1.807) is 6.07 Å². The van der Waals surface area contributed by atoms with Gasteiger partial charge in [-0.2, -0.15) is 0 Å². The SMILES string of the molecule is O=C(NC(CO)Cc1ccccc1)c1cccc(C=Cc2ccc3ccccc3c2)c1. The van der Waals surface area contributed by atoms with Gasteiger partial charge in [-0.15, -0.1) is 0 Å². The average Bonchev–Trinajstić information content (AvgIpc) is 2.83. The zero-order chi connectivity index (χ0) is 21.5. The van der Waals surface area contributed by atoms with Crippen molar-refractivity contribution in [3.8, 4) is 0 Å². The summed E-state index contributed by atoms with van der Waals surface area (Å²) >= 11 is 0. The number of aliphatic hydroxyl groups excluding tert-OH is 1. The van der Waals surface area contributed by atoms with Gasteiger partial charge in [0.15, 0.2) is 0 Å². The van der Waals surface area contributed by atoms with E-state index in [9.17, 15) is 9.90 Å². The molecule has 0 fully saturated rings. The highest BCUT2D eigenvalue weighted by molar-refractivity contribution is 5.95. The van der Waals surface area contributed by atoms with Crippen molar-refractivity contribution in [3.63, 3.8) is 0 Å². The Balaban J connectivity index is 1.45. The maximum Gasteiger partial charge on any atom is 0.251 e. The van der Waals surface area contributed by atoms with Gasteiger partial charge in [-0.1, -0.05) is 91.0 Å². The second-order valence-electron chi connectivity index (χ2n) is 7.61. The van der Waals surface area contributed by atoms with E-state index < -0.39 is 0 Å². The smallest absolute Gasteiger partial charge is 0.251 e. The molecule has 0 spiro atoms. The molecular formula is C28H25NO2. The van der Waals surface area contributed by atoms with Crippen molar-refractivity contribution in [3.05, 3.63) is 119 Å². The third kappa shape index (κ3) is 5.47. The van der Waals surface area contributed by atoms with E-state index in [0.29, 0.717) is 12.0 Å². The molecule has 0 saturated heterocycles. The van der Waals surface area contributed by atoms with Gasteiger partial charge in [0, 0.05) is 5.56 Å². The van der Waals surface area contributed by atoms with Crippen molar-refractivity contribution in [2.45, 2.75) is 12.5 Å². The molecule has 0 aromatic heterocycles. The fourth-order valence-electron chi connectivity index (χ4n) is 3.62. The standard InChI is InChI=1S/C28H25NO2/c30-20-27(19-21-7-2-1-3-8-21)29-28(31)26-12-6-9-22(18-26)13-14-23-15-16-24-10-4-5-11-25(24)17-23/h1-18,27,30H,19-20H2,(H,29,31). The Labute approximate surface area is 182 Å². The fraction of sp³-hybridized carbons (Fsp3) is 0.107. The Morgan fingerprint density at radius 1 is 0.774 bits per heavy atom. The third-order valence-corrected chi connectivity index (χ3v) is 5.27. The van der Waals surface area contributed by atoms with E-state index in [-0.39, 0.29) is 18.6 Å². The number of fused-ring (bicyclic) bond motifs is 1. The molecule has 4 rings (SSSR count). The normalized spacial score (nSPS) is 12.2. The van der Waals surface area contributed by atoms with Crippen LogP contribution in [0.4, 0.5) is 0 Å². The molecule has 1 unspecified atom stereocenters. The molecule has 154 valence electrons. The maximum absolute atomic E-state index is 12.7. The van der Waals surface area contributed by atoms with Gasteiger partial charge in [-0.3, -0.25) is 4.79 Å². The molecular weight excluding hydrogens is 382 g/mol. The van der Waals surface area contributed by atoms with Crippen LogP contribution in [0.25, 0.3) is 22.9 Å². The lowest BCUT2D eigenvalue weighted by Gasteiger charge is -2.16. The van der Waals surface area contributed by atoms with Crippen LogP contribution in [-0.2, 0) is 6.42 Å². The number of hydrogen-bond donors (Lipinski definition) is 2. The zero-order valence-electron chi connectivity index (χ0n) is 17.2. The van der Waals surface area contributed by atoms with Gasteiger partial charge < -0.3 is 10.4 Å². The second kappa shape index (κ2) is 9.88. The Hall–Kier alpha value is -3.69. The first-order valence-electron chi connectivity index (χ1n) is 10.4. The molecule has 1 atom stereocenters. The lowest BCUT2D eigenvalue weighted by molar-refractivity contribution is 0.0916. The molecule has 3 heteroatoms. The van der Waals surface area contributed by atoms with E-state index in [2.05, 4.69) is 41.7 Å². The summed E-state index contributed by atoms with van der Waals surface area (Å²) in [6.07, 6.45) is 4.65. The molecule has 0 radical (unpaired) electrons. The van der Waals surface area contributed by atoms with Gasteiger partial charge >= 0.3 is 0 Å². The van der Waals surface area contributed by atoms with Crippen LogP contribution in [0.2, 0.25) is 0 Å². The number of carbonyl (C=O) groups is 1. The molecule has 1 amide bonds. The Morgan fingerprint density at radius 2 is 1.48 bits per heavy atom. The number of rotatable bonds is 7. The Bertz CT molecular complexity index is 1200. The number of hydrogen-bond acceptors (Lipinski definition) is 2. The molecule has 4 aromatic carbocycles. The first-order valence-corrected chi connectivity index (χ1v) is 10.4. The van der Waals surface area contributed by atoms with Crippen molar-refractivity contribution in [2.24, 2.45) is 0 Å². The molecule has 0 heterocycles. The van der Waals surface area contributed by atoms with Crippen molar-refractivity contribution in [1.82, 2.24) is 5.32 Å². The number of amides is 1. The molecule has 3 nitrogen and oxygen atoms in total. The quantitative estimate of drug-likeness (QED) is 0.406. The zero-order valence-corrected chi connectivity index (χ0v) is 17.2. The fourth-order valence-corrected chi connectivity index (χ4v) is 3.62. The molecule has 2 N–H and O–H groups in total. The lowest BCUT2D eigenvalue weighted by atomic mass is 10.0. The first-order chi connectivity index (χ1) is 15.2. The molecule has 31 heavy (non-hydrogen) atoms. The van der Waals surface area contributed by atoms with Crippen molar-refractivity contribution in [1.29, 1.82) is 0 Å². The molecule has 0 aliphatic heterocycles. The minimum Gasteiger partial charge on any atom is -0.394 e. The summed E-state index contributed by atoms with van der Waals surface area (Å²) in [6.45, 7) is -0.109. The molecule has 0 aliphatic rings. The maximum atomic E-state index is 12.7. The molecule has 0 aliphatic carbocycles. The highest BCUT2D eigenvalue weighted by atomic mass is 16.3. The van der Waals surface area contributed by atoms with Crippen LogP contribution in [0.5, 0.6) is 0 Å². The largest absolute Gasteiger partial charge is 0.394 e. The van der Waals surface area contributed by atoms with Gasteiger partial charge in [0.1, 0.15) is 0 Å². The Morgan fingerprint density at radius 3 is 2.26 bits per heavy atom. The highest BCUT2D eigenvalue weighted by Gasteiger charge is 2.13. The minimum absolute atomic E-state index is 0.109. The number of benzene rings is 4. The predicted octanol–water partition coefficient (Wildman–Crippen LogP) is 5.34. The van der Waals surface area contributed by atoms with E-state index in [4.69, 9.17) is 0 Å². The summed E-state index contributed by atoms with van der Waals surface area (Å²) in [5.41, 5.74) is 3.71. The molecule has 0 saturated carbocycles. The van der Waals surface area contributed by atoms with Crippen LogP contribution in [0.1, 0.15) is 27.0 Å². The van der Waals surface area contributed by atoms with E-state index in [1.807, 2.05) is 66.7 Å². The average molecular weight is 408 g/mol. The van der Waals surface area contributed by atoms with Crippen molar-refractivity contribution < 1.29 is 9.90 Å². The predicted molar refractivity (Wildman–Crippen MR) is 128 cm³/mol. The van der Waals surface area contributed by atoms with Crippen LogP contribution in [0.15, 0.2) is 97.1 Å². The van der Waals surface area contributed by atoms with E-state index in [0.717, 1.165) is 16.7 Å². The molecule has 4 aromatic rings. The lowest BCUT2D eigenvalue weighted by Crippen LogP contribution is -2.39. The summed E-state index contributed by atoms with van der Waals surface area (Å²) in [7, 11) is 0. The summed E-state index contributed by atoms with van der Waals surface area (Å²) in [4.78, 5) is 12.7. The minimum atomic E-state index is -0.327. The van der Waals surface area contributed by atoms with Gasteiger partial charge in [-0.05, 0) is 52.1 Å². The van der Waals surface area contributed by atoms with Crippen LogP contribution in [-0.4, -0.2) is 23.7 Å². The van der Waals surface area contributed by atoms with Crippen molar-refractivity contribution in [2.75, 3.05) is 6.61 Å². The second-order valence-corrected chi connectivity index (χ2v) is 7.61. The topological polar surface area (TPSA) is 49.3 Å². The number of aliphatic hydroxyl groups is 1. The van der Waals surface area contributed by atoms with Crippen LogP contribution in [0, 0.1) is 0 Å². The summed E-state index contributed by atoms with van der Waals surface area (Å²) in [5.74, 6) is -0.184. The van der Waals surface area contributed by atoms with Crippen LogP contribution in [0.3, 0.4) is 0 Å². The first kappa shape index (κ1) is 20.6. The number of nitrogens with one attached hydrogen (secondary N) is 1. The van der Waals surface area contributed by atoms with E-state index in [1.165, 1.54) is 10.8 Å². The molecule has 0 bridgehead atoms. The third-order valence-electron chi connectivity index (χ3n) is 5.27. The van der Waals surface area contributed by atoms with E-state index >= 15 is 0 Å². The van der Waals surface area contributed by atoms with Gasteiger partial charge in [0.25, 0.3) is 5.91 Å². The van der Waals surface area contributed by atoms with Crippen molar-refractivity contribution >= 4 is 28.8 Å². The van der Waals surface area contributed by atoms with Crippen LogP contribution >= 0.6 is 0 Å². The number of carbonyl (C=O) groups excluding carboxylic acids is 1. The summed E-state index contributed by atoms with van der Waals surface area (Å²) < 4.78 is 0. The summed E-state index contributed by atoms with van der Waals surface area (Å²) in [5, 5.41) is 15.1. The monoisotopic (exact) mass is 407 g/mol. The van der Waals surface area contributed by atoms with Gasteiger partial charge in [0.2, 0.25) is 0 Å². The van der Waals surface area contributed by atoms with Gasteiger partial charge in [0.05, 0.1) is 12.6 Å².